The van der Waals surface area contributed by atoms with Crippen LogP contribution in [0, 0.1) is 18.2 Å². The van der Waals surface area contributed by atoms with Gasteiger partial charge in [-0.3, -0.25) is 4.79 Å². The van der Waals surface area contributed by atoms with Gasteiger partial charge in [0.2, 0.25) is 5.91 Å². The molecular weight excluding hydrogens is 325 g/mol. The molecule has 1 heterocycles. The van der Waals surface area contributed by atoms with E-state index in [1.165, 1.54) is 0 Å². The molecule has 0 unspecified atom stereocenters. The van der Waals surface area contributed by atoms with Crippen molar-refractivity contribution < 1.29 is 19.1 Å². The largest absolute Gasteiger partial charge is 0.478 e. The summed E-state index contributed by atoms with van der Waals surface area (Å²) in [5.41, 5.74) is -1.07. The minimum absolute atomic E-state index is 0.112. The molecule has 8 heteroatoms. The molecule has 23 heavy (non-hydrogen) atoms. The molecule has 0 bridgehead atoms. The van der Waals surface area contributed by atoms with Gasteiger partial charge in [0.15, 0.2) is 11.5 Å². The first-order valence-electron chi connectivity index (χ1n) is 6.76. The van der Waals surface area contributed by atoms with Gasteiger partial charge in [-0.05, 0) is 12.1 Å². The van der Waals surface area contributed by atoms with Crippen molar-refractivity contribution in [2.75, 3.05) is 5.32 Å². The summed E-state index contributed by atoms with van der Waals surface area (Å²) in [5, 5.41) is 18.8. The molecule has 0 aliphatic carbocycles. The second-order valence-electron chi connectivity index (χ2n) is 5.06. The van der Waals surface area contributed by atoms with Gasteiger partial charge in [-0.25, -0.2) is 9.18 Å². The highest BCUT2D eigenvalue weighted by molar-refractivity contribution is 6.31. The van der Waals surface area contributed by atoms with Crippen molar-refractivity contribution >= 4 is 29.2 Å². The van der Waals surface area contributed by atoms with Gasteiger partial charge >= 0.3 is 5.97 Å². The molecule has 2 rings (SSSR count). The maximum Gasteiger partial charge on any atom is 0.338 e. The number of hydrogen-bond acceptors (Lipinski definition) is 4. The van der Waals surface area contributed by atoms with E-state index < -0.39 is 23.0 Å². The van der Waals surface area contributed by atoms with Crippen LogP contribution in [0.1, 0.15) is 36.0 Å². The number of carboxylic acids is 1. The number of aromatic carboxylic acids is 1. The van der Waals surface area contributed by atoms with E-state index >= 15 is 0 Å². The number of benzene rings is 1. The Morgan fingerprint density at radius 3 is 2.65 bits per heavy atom. The molecule has 0 radical (unpaired) electrons. The van der Waals surface area contributed by atoms with Crippen LogP contribution in [0.2, 0.25) is 5.02 Å². The smallest absolute Gasteiger partial charge is 0.338 e. The summed E-state index contributed by atoms with van der Waals surface area (Å²) in [6.07, 6.45) is 6.81. The van der Waals surface area contributed by atoms with Gasteiger partial charge in [0, 0.05) is 31.4 Å². The van der Waals surface area contributed by atoms with Crippen LogP contribution in [0.15, 0.2) is 22.4 Å². The van der Waals surface area contributed by atoms with E-state index in [9.17, 15) is 14.0 Å². The van der Waals surface area contributed by atoms with E-state index in [0.29, 0.717) is 19.3 Å². The molecule has 2 N–H and O–H groups in total. The third kappa shape index (κ3) is 4.27. The number of hydrogen-bond donors (Lipinski definition) is 2. The number of carbonyl (C=O) groups is 2. The quantitative estimate of drug-likeness (QED) is 0.746. The third-order valence-corrected chi connectivity index (χ3v) is 3.62. The van der Waals surface area contributed by atoms with E-state index in [0.717, 1.165) is 12.1 Å². The molecule has 1 amide bonds. The van der Waals surface area contributed by atoms with Crippen LogP contribution < -0.4 is 5.32 Å². The molecule has 120 valence electrons. The zero-order valence-electron chi connectivity index (χ0n) is 12.0. The van der Waals surface area contributed by atoms with Crippen molar-refractivity contribution in [2.24, 2.45) is 10.2 Å². The van der Waals surface area contributed by atoms with Crippen molar-refractivity contribution in [3.05, 3.63) is 28.5 Å². The lowest BCUT2D eigenvalue weighted by atomic mass is 10.0. The first-order valence-corrected chi connectivity index (χ1v) is 7.14. The molecule has 1 aromatic carbocycles. The Kier molecular flexibility index (Phi) is 4.96. The van der Waals surface area contributed by atoms with E-state index in [4.69, 9.17) is 23.1 Å². The van der Waals surface area contributed by atoms with Crippen molar-refractivity contribution in [2.45, 2.75) is 31.3 Å². The van der Waals surface area contributed by atoms with Crippen LogP contribution in [0.5, 0.6) is 0 Å². The summed E-state index contributed by atoms with van der Waals surface area (Å²) >= 11 is 5.62. The number of rotatable bonds is 7. The number of terminal acetylenes is 1. The van der Waals surface area contributed by atoms with Crippen LogP contribution in [0.3, 0.4) is 0 Å². The fourth-order valence-corrected chi connectivity index (χ4v) is 2.24. The Hall–Kier alpha value is -2.46. The summed E-state index contributed by atoms with van der Waals surface area (Å²) in [6, 6.07) is 2.17. The first-order chi connectivity index (χ1) is 10.9. The summed E-state index contributed by atoms with van der Waals surface area (Å²) in [5.74, 6) is -0.389. The lowest BCUT2D eigenvalue weighted by Crippen LogP contribution is -2.18. The molecular formula is C15H13ClFN3O3. The number of anilines is 1. The minimum atomic E-state index is -1.47. The van der Waals surface area contributed by atoms with Gasteiger partial charge in [0.25, 0.3) is 0 Å². The second-order valence-corrected chi connectivity index (χ2v) is 5.47. The van der Waals surface area contributed by atoms with Gasteiger partial charge < -0.3 is 10.4 Å². The fourth-order valence-electron chi connectivity index (χ4n) is 2.02. The van der Waals surface area contributed by atoms with Crippen molar-refractivity contribution in [1.29, 1.82) is 0 Å². The van der Waals surface area contributed by atoms with Gasteiger partial charge in [0.05, 0.1) is 10.6 Å². The Labute approximate surface area is 136 Å². The Morgan fingerprint density at radius 1 is 1.39 bits per heavy atom. The predicted octanol–water partition coefficient (Wildman–Crippen LogP) is 3.47. The molecule has 1 aromatic rings. The van der Waals surface area contributed by atoms with Crippen molar-refractivity contribution in [3.63, 3.8) is 0 Å². The first kappa shape index (κ1) is 16.9. The summed E-state index contributed by atoms with van der Waals surface area (Å²) in [7, 11) is 0. The number of carboxylic acid groups (broad SMARTS) is 1. The Morgan fingerprint density at radius 2 is 2.09 bits per heavy atom. The van der Waals surface area contributed by atoms with Crippen LogP contribution in [-0.2, 0) is 4.79 Å². The molecule has 0 fully saturated rings. The van der Waals surface area contributed by atoms with Crippen LogP contribution in [0.4, 0.5) is 10.1 Å². The maximum atomic E-state index is 13.5. The Balaban J connectivity index is 1.96. The van der Waals surface area contributed by atoms with Crippen LogP contribution >= 0.6 is 11.6 Å². The number of nitrogens with zero attached hydrogens (tertiary/aromatic N) is 2. The summed E-state index contributed by atoms with van der Waals surface area (Å²) in [4.78, 5) is 22.8. The Bertz CT molecular complexity index is 721. The minimum Gasteiger partial charge on any atom is -0.478 e. The number of amides is 1. The lowest BCUT2D eigenvalue weighted by Gasteiger charge is -2.10. The van der Waals surface area contributed by atoms with E-state index in [1.54, 1.807) is 0 Å². The third-order valence-electron chi connectivity index (χ3n) is 3.35. The standard InChI is InChI=1S/C15H13ClFN3O3/c1-2-3-5-15(19-20-15)6-4-12(21)18-9-7-10(14(22)23)13(17)11(16)8-9/h1,7-8H,3-6H2,(H,18,21)(H,22,23). The van der Waals surface area contributed by atoms with Gasteiger partial charge in [-0.15, -0.1) is 12.3 Å². The number of halogens is 2. The van der Waals surface area contributed by atoms with Gasteiger partial charge in [0.1, 0.15) is 0 Å². The highest BCUT2D eigenvalue weighted by Crippen LogP contribution is 2.37. The summed E-state index contributed by atoms with van der Waals surface area (Å²) in [6.45, 7) is 0. The zero-order chi connectivity index (χ0) is 17.0. The fraction of sp³-hybridized carbons (Fsp3) is 0.333. The number of carbonyl (C=O) groups excluding carboxylic acids is 1. The number of nitrogens with one attached hydrogen (secondary N) is 1. The molecule has 6 nitrogen and oxygen atoms in total. The highest BCUT2D eigenvalue weighted by Gasteiger charge is 2.39. The van der Waals surface area contributed by atoms with Crippen LogP contribution in [-0.4, -0.2) is 22.6 Å². The van der Waals surface area contributed by atoms with Gasteiger partial charge in [-0.2, -0.15) is 10.2 Å². The predicted molar refractivity (Wildman–Crippen MR) is 81.9 cm³/mol. The van der Waals surface area contributed by atoms with E-state index in [-0.39, 0.29) is 23.0 Å². The second kappa shape index (κ2) is 6.75. The molecule has 0 saturated heterocycles. The maximum absolute atomic E-state index is 13.5. The molecule has 1 aliphatic heterocycles. The topological polar surface area (TPSA) is 91.1 Å². The lowest BCUT2D eigenvalue weighted by molar-refractivity contribution is -0.116. The van der Waals surface area contributed by atoms with E-state index in [1.807, 2.05) is 0 Å². The van der Waals surface area contributed by atoms with Crippen LogP contribution in [0.25, 0.3) is 0 Å². The van der Waals surface area contributed by atoms with Crippen molar-refractivity contribution in [3.8, 4) is 12.3 Å². The zero-order valence-corrected chi connectivity index (χ0v) is 12.7. The normalized spacial score (nSPS) is 14.1. The SMILES string of the molecule is C#CCCC1(CCC(=O)Nc2cc(Cl)c(F)c(C(=O)O)c2)N=N1. The monoisotopic (exact) mass is 337 g/mol. The van der Waals surface area contributed by atoms with Gasteiger partial charge in [-0.1, -0.05) is 11.6 Å². The van der Waals surface area contributed by atoms with Crippen molar-refractivity contribution in [1.82, 2.24) is 0 Å². The average molecular weight is 338 g/mol. The molecule has 0 saturated carbocycles. The molecule has 0 atom stereocenters. The summed E-state index contributed by atoms with van der Waals surface area (Å²) < 4.78 is 13.5. The average Bonchev–Trinajstić information content (AvgIpc) is 3.27. The molecule has 0 aromatic heterocycles. The molecule has 0 spiro atoms. The molecule has 1 aliphatic rings. The highest BCUT2D eigenvalue weighted by atomic mass is 35.5. The van der Waals surface area contributed by atoms with E-state index in [2.05, 4.69) is 21.5 Å².